The molecule has 0 bridgehead atoms. The molecule has 8 nitrogen and oxygen atoms in total. The van der Waals surface area contributed by atoms with Crippen molar-refractivity contribution >= 4 is 45.7 Å². The van der Waals surface area contributed by atoms with E-state index in [0.29, 0.717) is 29.8 Å². The van der Waals surface area contributed by atoms with Crippen LogP contribution in [-0.4, -0.2) is 22.7 Å². The average Bonchev–Trinajstić information content (AvgIpc) is 2.97. The van der Waals surface area contributed by atoms with Gasteiger partial charge in [0.1, 0.15) is 23.2 Å². The molecule has 42 heavy (non-hydrogen) atoms. The fourth-order valence-electron chi connectivity index (χ4n) is 4.51. The van der Waals surface area contributed by atoms with Crippen LogP contribution >= 0.6 is 11.6 Å². The molecule has 0 fully saturated rings. The number of aryl methyl sites for hydroxylation is 1. The average molecular weight is 590 g/mol. The fraction of sp³-hybridized carbons (Fsp3) is 0.129. The molecule has 2 amide bonds. The molecule has 0 saturated carbocycles. The molecule has 214 valence electrons. The fourth-order valence-corrected chi connectivity index (χ4v) is 4.77. The first-order valence-electron chi connectivity index (χ1n) is 13.0. The highest BCUT2D eigenvalue weighted by molar-refractivity contribution is 6.33. The highest BCUT2D eigenvalue weighted by atomic mass is 35.5. The van der Waals surface area contributed by atoms with Crippen LogP contribution in [0.15, 0.2) is 83.8 Å². The van der Waals surface area contributed by atoms with E-state index in [0.717, 1.165) is 23.4 Å². The summed E-state index contributed by atoms with van der Waals surface area (Å²) in [6, 6.07) is 17.9. The van der Waals surface area contributed by atoms with E-state index >= 15 is 0 Å². The molecule has 5 rings (SSSR count). The summed E-state index contributed by atoms with van der Waals surface area (Å²) in [5.41, 5.74) is 1.76. The van der Waals surface area contributed by atoms with Crippen molar-refractivity contribution in [3.05, 3.63) is 112 Å². The maximum Gasteiger partial charge on any atom is 0.323 e. The van der Waals surface area contributed by atoms with Gasteiger partial charge in [-0.15, -0.1) is 0 Å². The zero-order valence-electron chi connectivity index (χ0n) is 22.7. The second-order valence-corrected chi connectivity index (χ2v) is 9.75. The van der Waals surface area contributed by atoms with Gasteiger partial charge >= 0.3 is 6.03 Å². The summed E-state index contributed by atoms with van der Waals surface area (Å²) in [5.74, 6) is 0.0137. The van der Waals surface area contributed by atoms with Gasteiger partial charge in [-0.25, -0.2) is 18.6 Å². The Hall–Kier alpha value is -4.96. The van der Waals surface area contributed by atoms with Gasteiger partial charge in [0.25, 0.3) is 5.56 Å². The van der Waals surface area contributed by atoms with E-state index in [1.54, 1.807) is 30.0 Å². The molecule has 2 heterocycles. The lowest BCUT2D eigenvalue weighted by Crippen LogP contribution is -2.22. The summed E-state index contributed by atoms with van der Waals surface area (Å²) in [5, 5.41) is 8.77. The summed E-state index contributed by atoms with van der Waals surface area (Å²) in [7, 11) is 1.61. The van der Waals surface area contributed by atoms with Crippen molar-refractivity contribution in [3.8, 4) is 16.9 Å². The highest BCUT2D eigenvalue weighted by Gasteiger charge is 2.18. The molecule has 3 aromatic carbocycles. The van der Waals surface area contributed by atoms with E-state index in [1.165, 1.54) is 24.3 Å². The van der Waals surface area contributed by atoms with Crippen molar-refractivity contribution in [3.63, 3.8) is 0 Å². The number of nitrogens with zero attached hydrogens (tertiary/aromatic N) is 2. The molecule has 0 spiro atoms. The number of aromatic nitrogens is 2. The number of urea groups is 1. The Labute approximate surface area is 244 Å². The molecule has 5 aromatic rings. The van der Waals surface area contributed by atoms with Crippen LogP contribution in [-0.2, 0) is 13.1 Å². The third kappa shape index (κ3) is 6.18. The maximum atomic E-state index is 14.8. The number of methoxy groups -OCH3 is 1. The number of carbonyl (C=O) groups is 1. The molecule has 3 N–H and O–H groups in total. The van der Waals surface area contributed by atoms with Crippen molar-refractivity contribution in [1.29, 1.82) is 0 Å². The van der Waals surface area contributed by atoms with E-state index in [-0.39, 0.29) is 33.1 Å². The predicted molar refractivity (Wildman–Crippen MR) is 161 cm³/mol. The quantitative estimate of drug-likeness (QED) is 0.177. The molecule has 11 heteroatoms. The standard InChI is InChI=1S/C31H26ClF2N5O3/c1-3-39-28-15-29(35-16-18-7-9-22(42-2)10-8-18)36-17-19(28)11-24(30(39)40)23-13-27(26(34)14-25(23)32)38-31(41)37-21-6-4-5-20(33)12-21/h4-15,17H,3,16H2,1-2H3,(H,35,36)(H2,37,38,41). The molecule has 0 unspecified atom stereocenters. The Kier molecular flexibility index (Phi) is 8.35. The first kappa shape index (κ1) is 28.6. The van der Waals surface area contributed by atoms with Crippen LogP contribution in [0, 0.1) is 11.6 Å². The van der Waals surface area contributed by atoms with Gasteiger partial charge < -0.3 is 25.3 Å². The molecule has 0 radical (unpaired) electrons. The number of ether oxygens (including phenoxy) is 1. The van der Waals surface area contributed by atoms with Crippen LogP contribution in [0.2, 0.25) is 5.02 Å². The maximum absolute atomic E-state index is 14.8. The number of rotatable bonds is 8. The Bertz CT molecular complexity index is 1840. The Balaban J connectivity index is 1.44. The summed E-state index contributed by atoms with van der Waals surface area (Å²) in [6.07, 6.45) is 1.64. The molecule has 0 aliphatic heterocycles. The van der Waals surface area contributed by atoms with Gasteiger partial charge in [-0.1, -0.05) is 29.8 Å². The van der Waals surface area contributed by atoms with E-state index < -0.39 is 17.7 Å². The van der Waals surface area contributed by atoms with Crippen LogP contribution in [0.1, 0.15) is 12.5 Å². The minimum absolute atomic E-state index is 0.00608. The van der Waals surface area contributed by atoms with Gasteiger partial charge in [0, 0.05) is 47.6 Å². The van der Waals surface area contributed by atoms with Crippen molar-refractivity contribution < 1.29 is 18.3 Å². The number of amides is 2. The number of halogens is 3. The van der Waals surface area contributed by atoms with E-state index in [2.05, 4.69) is 20.9 Å². The van der Waals surface area contributed by atoms with E-state index in [1.807, 2.05) is 31.2 Å². The van der Waals surface area contributed by atoms with Gasteiger partial charge in [0.15, 0.2) is 0 Å². The minimum atomic E-state index is -0.802. The molecular weight excluding hydrogens is 564 g/mol. The lowest BCUT2D eigenvalue weighted by atomic mass is 10.0. The Morgan fingerprint density at radius 3 is 2.50 bits per heavy atom. The van der Waals surface area contributed by atoms with Crippen LogP contribution in [0.3, 0.4) is 0 Å². The SMILES string of the molecule is CCn1c(=O)c(-c2cc(NC(=O)Nc3cccc(F)c3)c(F)cc2Cl)cc2cnc(NCc3ccc(OC)cc3)cc21. The Morgan fingerprint density at radius 1 is 1.00 bits per heavy atom. The molecule has 0 aliphatic carbocycles. The lowest BCUT2D eigenvalue weighted by molar-refractivity contribution is 0.262. The number of nitrogens with one attached hydrogen (secondary N) is 3. The summed E-state index contributed by atoms with van der Waals surface area (Å²) >= 11 is 6.39. The smallest absolute Gasteiger partial charge is 0.323 e. The van der Waals surface area contributed by atoms with Crippen molar-refractivity contribution in [1.82, 2.24) is 9.55 Å². The van der Waals surface area contributed by atoms with Crippen molar-refractivity contribution in [2.75, 3.05) is 23.1 Å². The zero-order valence-corrected chi connectivity index (χ0v) is 23.4. The number of hydrogen-bond acceptors (Lipinski definition) is 5. The van der Waals surface area contributed by atoms with E-state index in [9.17, 15) is 18.4 Å². The second-order valence-electron chi connectivity index (χ2n) is 9.34. The van der Waals surface area contributed by atoms with Gasteiger partial charge in [0.2, 0.25) is 0 Å². The number of carbonyl (C=O) groups excluding carboxylic acids is 1. The first-order chi connectivity index (χ1) is 20.2. The largest absolute Gasteiger partial charge is 0.497 e. The van der Waals surface area contributed by atoms with Crippen LogP contribution in [0.4, 0.5) is 30.8 Å². The van der Waals surface area contributed by atoms with Gasteiger partial charge in [0.05, 0.1) is 23.3 Å². The van der Waals surface area contributed by atoms with Crippen LogP contribution in [0.5, 0.6) is 5.75 Å². The first-order valence-corrected chi connectivity index (χ1v) is 13.4. The molecule has 0 saturated heterocycles. The van der Waals surface area contributed by atoms with Gasteiger partial charge in [-0.05, 0) is 61.0 Å². The number of fused-ring (bicyclic) bond motifs is 1. The lowest BCUT2D eigenvalue weighted by Gasteiger charge is -2.15. The Morgan fingerprint density at radius 2 is 1.79 bits per heavy atom. The van der Waals surface area contributed by atoms with Crippen LogP contribution in [0.25, 0.3) is 22.0 Å². The highest BCUT2D eigenvalue weighted by Crippen LogP contribution is 2.33. The molecular formula is C31H26ClF2N5O3. The van der Waals surface area contributed by atoms with Gasteiger partial charge in [-0.3, -0.25) is 4.79 Å². The van der Waals surface area contributed by atoms with Crippen molar-refractivity contribution in [2.45, 2.75) is 20.0 Å². The van der Waals surface area contributed by atoms with Crippen molar-refractivity contribution in [2.24, 2.45) is 0 Å². The molecule has 2 aromatic heterocycles. The number of pyridine rings is 2. The number of hydrogen-bond donors (Lipinski definition) is 3. The normalized spacial score (nSPS) is 10.9. The zero-order chi connectivity index (χ0) is 29.8. The number of benzene rings is 3. The summed E-state index contributed by atoms with van der Waals surface area (Å²) < 4.78 is 35.0. The molecule has 0 aliphatic rings. The monoisotopic (exact) mass is 589 g/mol. The van der Waals surface area contributed by atoms with E-state index in [4.69, 9.17) is 16.3 Å². The topological polar surface area (TPSA) is 97.3 Å². The third-order valence-corrected chi connectivity index (χ3v) is 6.92. The van der Waals surface area contributed by atoms with Gasteiger partial charge in [-0.2, -0.15) is 0 Å². The molecule has 0 atom stereocenters. The third-order valence-electron chi connectivity index (χ3n) is 6.60. The second kappa shape index (κ2) is 12.3. The minimum Gasteiger partial charge on any atom is -0.497 e. The predicted octanol–water partition coefficient (Wildman–Crippen LogP) is 7.28. The number of anilines is 3. The van der Waals surface area contributed by atoms with Crippen LogP contribution < -0.4 is 26.2 Å². The summed E-state index contributed by atoms with van der Waals surface area (Å²) in [6.45, 7) is 2.71. The summed E-state index contributed by atoms with van der Waals surface area (Å²) in [4.78, 5) is 30.6.